The van der Waals surface area contributed by atoms with Crippen LogP contribution in [0, 0.1) is 5.92 Å². The molecule has 1 aliphatic heterocycles. The van der Waals surface area contributed by atoms with Crippen molar-refractivity contribution in [2.45, 2.75) is 29.6 Å². The number of sulfonamides is 2. The maximum atomic E-state index is 12.7. The van der Waals surface area contributed by atoms with Crippen LogP contribution in [0.15, 0.2) is 62.8 Å². The van der Waals surface area contributed by atoms with E-state index in [4.69, 9.17) is 0 Å². The van der Waals surface area contributed by atoms with Gasteiger partial charge in [-0.1, -0.05) is 22.9 Å². The predicted molar refractivity (Wildman–Crippen MR) is 109 cm³/mol. The Morgan fingerprint density at radius 2 is 1.41 bits per heavy atom. The van der Waals surface area contributed by atoms with E-state index in [1.165, 1.54) is 40.7 Å². The SMILES string of the molecule is CC1CCN(S(=O)(=O)c2ccc(NS(=O)(=O)c3ccc(Br)cc3)cc2)CC1. The van der Waals surface area contributed by atoms with E-state index in [1.54, 1.807) is 12.1 Å². The lowest BCUT2D eigenvalue weighted by atomic mass is 10.0. The third-order valence-corrected chi connectivity index (χ3v) is 8.45. The van der Waals surface area contributed by atoms with Gasteiger partial charge in [-0.05, 0) is 67.3 Å². The molecule has 1 heterocycles. The normalized spacial score (nSPS) is 17.0. The van der Waals surface area contributed by atoms with Crippen LogP contribution >= 0.6 is 15.9 Å². The quantitative estimate of drug-likeness (QED) is 0.719. The van der Waals surface area contributed by atoms with E-state index >= 15 is 0 Å². The van der Waals surface area contributed by atoms with Crippen LogP contribution in [0.25, 0.3) is 0 Å². The van der Waals surface area contributed by atoms with Crippen LogP contribution in [-0.4, -0.2) is 34.2 Å². The third-order valence-electron chi connectivity index (χ3n) is 4.61. The zero-order valence-corrected chi connectivity index (χ0v) is 18.0. The fourth-order valence-electron chi connectivity index (χ4n) is 2.90. The summed E-state index contributed by atoms with van der Waals surface area (Å²) in [5.41, 5.74) is 0.309. The van der Waals surface area contributed by atoms with Crippen molar-refractivity contribution in [3.63, 3.8) is 0 Å². The number of hydrogen-bond acceptors (Lipinski definition) is 4. The summed E-state index contributed by atoms with van der Waals surface area (Å²) in [6.45, 7) is 3.15. The molecule has 1 aliphatic rings. The van der Waals surface area contributed by atoms with Crippen LogP contribution in [0.4, 0.5) is 5.69 Å². The molecule has 0 atom stereocenters. The van der Waals surface area contributed by atoms with E-state index in [1.807, 2.05) is 0 Å². The molecule has 3 rings (SSSR count). The second-order valence-corrected chi connectivity index (χ2v) is 11.2. The second kappa shape index (κ2) is 7.90. The number of nitrogens with one attached hydrogen (secondary N) is 1. The Hall–Kier alpha value is -1.42. The minimum Gasteiger partial charge on any atom is -0.280 e. The lowest BCUT2D eigenvalue weighted by Crippen LogP contribution is -2.37. The summed E-state index contributed by atoms with van der Waals surface area (Å²) >= 11 is 3.27. The Labute approximate surface area is 168 Å². The Bertz CT molecular complexity index is 996. The number of piperidine rings is 1. The summed E-state index contributed by atoms with van der Waals surface area (Å²) in [4.78, 5) is 0.300. The summed E-state index contributed by atoms with van der Waals surface area (Å²) in [6.07, 6.45) is 1.70. The summed E-state index contributed by atoms with van der Waals surface area (Å²) in [7, 11) is -7.29. The molecule has 0 amide bonds. The van der Waals surface area contributed by atoms with Crippen LogP contribution in [0.3, 0.4) is 0 Å². The van der Waals surface area contributed by atoms with E-state index in [2.05, 4.69) is 27.6 Å². The van der Waals surface area contributed by atoms with Crippen LogP contribution in [0.1, 0.15) is 19.8 Å². The van der Waals surface area contributed by atoms with Crippen LogP contribution in [0.2, 0.25) is 0 Å². The van der Waals surface area contributed by atoms with Gasteiger partial charge in [0.15, 0.2) is 0 Å². The highest BCUT2D eigenvalue weighted by molar-refractivity contribution is 9.10. The van der Waals surface area contributed by atoms with Gasteiger partial charge in [-0.15, -0.1) is 0 Å². The minimum absolute atomic E-state index is 0.129. The van der Waals surface area contributed by atoms with Crippen molar-refractivity contribution >= 4 is 41.7 Å². The average molecular weight is 473 g/mol. The van der Waals surface area contributed by atoms with Gasteiger partial charge >= 0.3 is 0 Å². The number of anilines is 1. The fourth-order valence-corrected chi connectivity index (χ4v) is 5.69. The molecule has 6 nitrogen and oxygen atoms in total. The molecule has 0 spiro atoms. The maximum Gasteiger partial charge on any atom is 0.261 e. The standard InChI is InChI=1S/C18H21BrN2O4S2/c1-14-10-12-21(13-11-14)27(24,25)18-8-4-16(5-9-18)20-26(22,23)17-6-2-15(19)3-7-17/h2-9,14,20H,10-13H2,1H3. The van der Waals surface area contributed by atoms with Crippen molar-refractivity contribution in [3.8, 4) is 0 Å². The molecular weight excluding hydrogens is 452 g/mol. The van der Waals surface area contributed by atoms with Gasteiger partial charge in [-0.3, -0.25) is 4.72 Å². The summed E-state index contributed by atoms with van der Waals surface area (Å²) in [5.74, 6) is 0.534. The molecule has 0 aliphatic carbocycles. The third kappa shape index (κ3) is 4.71. The Morgan fingerprint density at radius 1 is 0.889 bits per heavy atom. The topological polar surface area (TPSA) is 83.6 Å². The van der Waals surface area contributed by atoms with E-state index < -0.39 is 20.0 Å². The van der Waals surface area contributed by atoms with Gasteiger partial charge < -0.3 is 0 Å². The molecule has 0 radical (unpaired) electrons. The van der Waals surface area contributed by atoms with Gasteiger partial charge in [0.1, 0.15) is 0 Å². The highest BCUT2D eigenvalue weighted by Crippen LogP contribution is 2.25. The number of rotatable bonds is 5. The number of halogens is 1. The summed E-state index contributed by atoms with van der Waals surface area (Å²) in [6, 6.07) is 12.1. The molecule has 1 N–H and O–H groups in total. The van der Waals surface area contributed by atoms with Gasteiger partial charge in [0, 0.05) is 23.2 Å². The van der Waals surface area contributed by atoms with Crippen LogP contribution < -0.4 is 4.72 Å². The second-order valence-electron chi connectivity index (χ2n) is 6.67. The Kier molecular flexibility index (Phi) is 5.95. The van der Waals surface area contributed by atoms with Gasteiger partial charge in [0.05, 0.1) is 9.79 Å². The number of hydrogen-bond donors (Lipinski definition) is 1. The van der Waals surface area contributed by atoms with Crippen molar-refractivity contribution in [1.29, 1.82) is 0 Å². The first kappa shape index (κ1) is 20.3. The van der Waals surface area contributed by atoms with Crippen molar-refractivity contribution in [1.82, 2.24) is 4.31 Å². The minimum atomic E-state index is -3.74. The Morgan fingerprint density at radius 3 is 1.96 bits per heavy atom. The lowest BCUT2D eigenvalue weighted by molar-refractivity contribution is 0.288. The molecule has 146 valence electrons. The van der Waals surface area contributed by atoms with Gasteiger partial charge in [-0.25, -0.2) is 16.8 Å². The zero-order valence-electron chi connectivity index (χ0n) is 14.8. The largest absolute Gasteiger partial charge is 0.280 e. The number of benzene rings is 2. The molecule has 0 bridgehead atoms. The van der Waals surface area contributed by atoms with Crippen LogP contribution in [-0.2, 0) is 20.0 Å². The monoisotopic (exact) mass is 472 g/mol. The lowest BCUT2D eigenvalue weighted by Gasteiger charge is -2.29. The smallest absolute Gasteiger partial charge is 0.261 e. The van der Waals surface area contributed by atoms with Crippen molar-refractivity contribution in [3.05, 3.63) is 53.0 Å². The van der Waals surface area contributed by atoms with Crippen LogP contribution in [0.5, 0.6) is 0 Å². The van der Waals surface area contributed by atoms with E-state index in [-0.39, 0.29) is 9.79 Å². The molecule has 2 aromatic carbocycles. The molecule has 1 fully saturated rings. The first-order chi connectivity index (χ1) is 12.7. The zero-order chi connectivity index (χ0) is 19.7. The first-order valence-electron chi connectivity index (χ1n) is 8.57. The molecule has 2 aromatic rings. The summed E-state index contributed by atoms with van der Waals surface area (Å²) in [5, 5.41) is 0. The highest BCUT2D eigenvalue weighted by Gasteiger charge is 2.28. The summed E-state index contributed by atoms with van der Waals surface area (Å²) < 4.78 is 55.0. The molecule has 9 heteroatoms. The first-order valence-corrected chi connectivity index (χ1v) is 12.3. The van der Waals surface area contributed by atoms with Gasteiger partial charge in [0.2, 0.25) is 10.0 Å². The predicted octanol–water partition coefficient (Wildman–Crippen LogP) is 3.67. The van der Waals surface area contributed by atoms with E-state index in [0.29, 0.717) is 24.7 Å². The van der Waals surface area contributed by atoms with E-state index in [9.17, 15) is 16.8 Å². The highest BCUT2D eigenvalue weighted by atomic mass is 79.9. The Balaban J connectivity index is 1.76. The molecule has 0 aromatic heterocycles. The molecular formula is C18H21BrN2O4S2. The van der Waals surface area contributed by atoms with Crippen molar-refractivity contribution < 1.29 is 16.8 Å². The van der Waals surface area contributed by atoms with Crippen molar-refractivity contribution in [2.24, 2.45) is 5.92 Å². The molecule has 0 saturated carbocycles. The van der Waals surface area contributed by atoms with Gasteiger partial charge in [-0.2, -0.15) is 4.31 Å². The maximum absolute atomic E-state index is 12.7. The molecule has 0 unspecified atom stereocenters. The van der Waals surface area contributed by atoms with Gasteiger partial charge in [0.25, 0.3) is 10.0 Å². The number of nitrogens with zero attached hydrogens (tertiary/aromatic N) is 1. The average Bonchev–Trinajstić information content (AvgIpc) is 2.62. The van der Waals surface area contributed by atoms with E-state index in [0.717, 1.165) is 17.3 Å². The van der Waals surface area contributed by atoms with Crippen molar-refractivity contribution in [2.75, 3.05) is 17.8 Å². The molecule has 1 saturated heterocycles. The fraction of sp³-hybridized carbons (Fsp3) is 0.333. The molecule has 27 heavy (non-hydrogen) atoms.